The zero-order valence-corrected chi connectivity index (χ0v) is 6.99. The summed E-state index contributed by atoms with van der Waals surface area (Å²) >= 11 is 0. The van der Waals surface area contributed by atoms with Crippen molar-refractivity contribution in [2.45, 2.75) is 52.1 Å². The lowest BCUT2D eigenvalue weighted by atomic mass is 9.83. The molecule has 0 aromatic rings. The summed E-state index contributed by atoms with van der Waals surface area (Å²) in [5.41, 5.74) is -0.0451. The normalized spacial score (nSPS) is 33.3. The van der Waals surface area contributed by atoms with Crippen LogP contribution < -0.4 is 0 Å². The standard InChI is InChI=1S/C9H17F/c1-9(2)7-5-3-4-6-8(9)10/h8H,3-7H2,1-2H3. The fourth-order valence-electron chi connectivity index (χ4n) is 1.63. The van der Waals surface area contributed by atoms with Crippen LogP contribution in [0.2, 0.25) is 0 Å². The highest BCUT2D eigenvalue weighted by Gasteiger charge is 2.30. The Morgan fingerprint density at radius 1 is 1.20 bits per heavy atom. The number of hydrogen-bond donors (Lipinski definition) is 0. The smallest absolute Gasteiger partial charge is 0.105 e. The third kappa shape index (κ3) is 1.71. The Hall–Kier alpha value is -0.0700. The first-order chi connectivity index (χ1) is 4.63. The van der Waals surface area contributed by atoms with Crippen LogP contribution in [0.4, 0.5) is 4.39 Å². The Morgan fingerprint density at radius 2 is 1.90 bits per heavy atom. The number of halogens is 1. The van der Waals surface area contributed by atoms with E-state index in [-0.39, 0.29) is 5.41 Å². The van der Waals surface area contributed by atoms with Crippen molar-refractivity contribution in [1.82, 2.24) is 0 Å². The molecule has 0 heterocycles. The largest absolute Gasteiger partial charge is 0.247 e. The Bertz CT molecular complexity index is 107. The van der Waals surface area contributed by atoms with Gasteiger partial charge in [-0.2, -0.15) is 0 Å². The third-order valence-corrected chi connectivity index (χ3v) is 2.63. The van der Waals surface area contributed by atoms with E-state index in [1.807, 2.05) is 13.8 Å². The van der Waals surface area contributed by atoms with Crippen molar-refractivity contribution < 1.29 is 4.39 Å². The van der Waals surface area contributed by atoms with E-state index in [2.05, 4.69) is 0 Å². The van der Waals surface area contributed by atoms with Gasteiger partial charge in [-0.15, -0.1) is 0 Å². The van der Waals surface area contributed by atoms with E-state index in [1.54, 1.807) is 0 Å². The van der Waals surface area contributed by atoms with Crippen LogP contribution in [-0.4, -0.2) is 6.17 Å². The Morgan fingerprint density at radius 3 is 2.60 bits per heavy atom. The summed E-state index contributed by atoms with van der Waals surface area (Å²) in [5, 5.41) is 0. The molecule has 1 saturated carbocycles. The van der Waals surface area contributed by atoms with Gasteiger partial charge in [-0.25, -0.2) is 4.39 Å². The second-order valence-corrected chi connectivity index (χ2v) is 4.06. The topological polar surface area (TPSA) is 0 Å². The summed E-state index contributed by atoms with van der Waals surface area (Å²) in [7, 11) is 0. The molecular formula is C9H17F. The average molecular weight is 144 g/mol. The van der Waals surface area contributed by atoms with Crippen molar-refractivity contribution in [3.05, 3.63) is 0 Å². The minimum absolute atomic E-state index is 0.0451. The summed E-state index contributed by atoms with van der Waals surface area (Å²) < 4.78 is 13.2. The van der Waals surface area contributed by atoms with Crippen LogP contribution in [0.5, 0.6) is 0 Å². The molecule has 0 nitrogen and oxygen atoms in total. The van der Waals surface area contributed by atoms with Crippen LogP contribution in [0.25, 0.3) is 0 Å². The average Bonchev–Trinajstić information content (AvgIpc) is 1.96. The Balaban J connectivity index is 2.52. The van der Waals surface area contributed by atoms with E-state index in [4.69, 9.17) is 0 Å². The van der Waals surface area contributed by atoms with E-state index in [1.165, 1.54) is 12.8 Å². The van der Waals surface area contributed by atoms with Crippen molar-refractivity contribution in [1.29, 1.82) is 0 Å². The van der Waals surface area contributed by atoms with Gasteiger partial charge in [0.15, 0.2) is 0 Å². The molecule has 0 spiro atoms. The van der Waals surface area contributed by atoms with Gasteiger partial charge in [-0.1, -0.05) is 33.1 Å². The van der Waals surface area contributed by atoms with Crippen molar-refractivity contribution in [2.75, 3.05) is 0 Å². The van der Waals surface area contributed by atoms with Gasteiger partial charge in [-0.05, 0) is 18.3 Å². The van der Waals surface area contributed by atoms with E-state index in [9.17, 15) is 4.39 Å². The summed E-state index contributed by atoms with van der Waals surface area (Å²) in [4.78, 5) is 0. The second kappa shape index (κ2) is 2.89. The molecule has 0 amide bonds. The maximum atomic E-state index is 13.2. The highest BCUT2D eigenvalue weighted by molar-refractivity contribution is 4.80. The van der Waals surface area contributed by atoms with Crippen LogP contribution in [0.15, 0.2) is 0 Å². The van der Waals surface area contributed by atoms with Crippen LogP contribution in [0, 0.1) is 5.41 Å². The lowest BCUT2D eigenvalue weighted by Crippen LogP contribution is -2.23. The molecule has 1 heteroatoms. The first-order valence-electron chi connectivity index (χ1n) is 4.27. The van der Waals surface area contributed by atoms with Crippen molar-refractivity contribution >= 4 is 0 Å². The molecule has 0 aromatic carbocycles. The molecule has 1 atom stereocenters. The van der Waals surface area contributed by atoms with Gasteiger partial charge in [0.05, 0.1) is 0 Å². The van der Waals surface area contributed by atoms with Crippen molar-refractivity contribution in [3.8, 4) is 0 Å². The summed E-state index contributed by atoms with van der Waals surface area (Å²) in [5.74, 6) is 0. The lowest BCUT2D eigenvalue weighted by Gasteiger charge is -2.25. The fraction of sp³-hybridized carbons (Fsp3) is 1.00. The van der Waals surface area contributed by atoms with Crippen LogP contribution in [-0.2, 0) is 0 Å². The van der Waals surface area contributed by atoms with Crippen LogP contribution in [0.1, 0.15) is 46.0 Å². The highest BCUT2D eigenvalue weighted by atomic mass is 19.1. The molecule has 10 heavy (non-hydrogen) atoms. The number of alkyl halides is 1. The minimum Gasteiger partial charge on any atom is -0.247 e. The summed E-state index contributed by atoms with van der Waals surface area (Å²) in [6.07, 6.45) is 4.82. The molecule has 1 aliphatic rings. The number of hydrogen-bond acceptors (Lipinski definition) is 0. The van der Waals surface area contributed by atoms with Gasteiger partial charge in [-0.3, -0.25) is 0 Å². The molecule has 1 unspecified atom stereocenters. The van der Waals surface area contributed by atoms with Crippen LogP contribution >= 0.6 is 0 Å². The maximum absolute atomic E-state index is 13.2. The third-order valence-electron chi connectivity index (χ3n) is 2.63. The number of rotatable bonds is 0. The SMILES string of the molecule is CC1(C)CCCCCC1F. The first kappa shape index (κ1) is 8.03. The van der Waals surface area contributed by atoms with Crippen molar-refractivity contribution in [2.24, 2.45) is 5.41 Å². The van der Waals surface area contributed by atoms with Gasteiger partial charge < -0.3 is 0 Å². The molecular weight excluding hydrogens is 127 g/mol. The van der Waals surface area contributed by atoms with E-state index in [0.29, 0.717) is 0 Å². The first-order valence-corrected chi connectivity index (χ1v) is 4.27. The van der Waals surface area contributed by atoms with Gasteiger partial charge in [0.1, 0.15) is 6.17 Å². The molecule has 0 N–H and O–H groups in total. The molecule has 1 aliphatic carbocycles. The minimum atomic E-state index is -0.560. The van der Waals surface area contributed by atoms with E-state index in [0.717, 1.165) is 19.3 Å². The zero-order valence-electron chi connectivity index (χ0n) is 6.99. The highest BCUT2D eigenvalue weighted by Crippen LogP contribution is 2.35. The molecule has 0 aliphatic heterocycles. The summed E-state index contributed by atoms with van der Waals surface area (Å²) in [6, 6.07) is 0. The van der Waals surface area contributed by atoms with E-state index >= 15 is 0 Å². The van der Waals surface area contributed by atoms with Gasteiger partial charge in [0, 0.05) is 0 Å². The monoisotopic (exact) mass is 144 g/mol. The lowest BCUT2D eigenvalue weighted by molar-refractivity contribution is 0.134. The molecule has 0 bridgehead atoms. The summed E-state index contributed by atoms with van der Waals surface area (Å²) in [6.45, 7) is 4.09. The molecule has 1 fully saturated rings. The quantitative estimate of drug-likeness (QED) is 0.457. The van der Waals surface area contributed by atoms with Gasteiger partial charge in [0.2, 0.25) is 0 Å². The Kier molecular flexibility index (Phi) is 2.32. The molecule has 0 saturated heterocycles. The predicted octanol–water partition coefficient (Wildman–Crippen LogP) is 3.31. The molecule has 0 radical (unpaired) electrons. The fourth-order valence-corrected chi connectivity index (χ4v) is 1.63. The molecule has 0 aromatic heterocycles. The zero-order chi connectivity index (χ0) is 7.61. The molecule has 1 rings (SSSR count). The predicted molar refractivity (Wildman–Crippen MR) is 41.8 cm³/mol. The maximum Gasteiger partial charge on any atom is 0.105 e. The van der Waals surface area contributed by atoms with Crippen molar-refractivity contribution in [3.63, 3.8) is 0 Å². The van der Waals surface area contributed by atoms with Gasteiger partial charge in [0.25, 0.3) is 0 Å². The van der Waals surface area contributed by atoms with Crippen LogP contribution in [0.3, 0.4) is 0 Å². The second-order valence-electron chi connectivity index (χ2n) is 4.06. The Labute approximate surface area is 62.8 Å². The molecule has 60 valence electrons. The van der Waals surface area contributed by atoms with Gasteiger partial charge >= 0.3 is 0 Å². The van der Waals surface area contributed by atoms with E-state index < -0.39 is 6.17 Å².